The second-order valence-corrected chi connectivity index (χ2v) is 6.64. The molecule has 1 aromatic carbocycles. The molecule has 1 amide bonds. The van der Waals surface area contributed by atoms with Gasteiger partial charge in [0, 0.05) is 24.7 Å². The number of rotatable bonds is 4. The number of aliphatic hydroxyl groups is 2. The molecule has 0 bridgehead atoms. The number of aliphatic hydroxyl groups excluding tert-OH is 2. The van der Waals surface area contributed by atoms with Crippen molar-refractivity contribution in [3.8, 4) is 0 Å². The topological polar surface area (TPSA) is 94.0 Å². The Hall–Kier alpha value is -2.60. The number of carbonyl (C=O) groups excluding carboxylic acids is 1. The monoisotopic (exact) mass is 355 g/mol. The molecule has 0 aliphatic carbocycles. The van der Waals surface area contributed by atoms with E-state index in [1.807, 2.05) is 30.3 Å². The lowest BCUT2D eigenvalue weighted by Gasteiger charge is -2.25. The normalized spacial score (nSPS) is 26.1. The highest BCUT2D eigenvalue weighted by Crippen LogP contribution is 2.22. The number of nitrogens with one attached hydrogen (secondary N) is 2. The lowest BCUT2D eigenvalue weighted by molar-refractivity contribution is -0.117. The van der Waals surface area contributed by atoms with E-state index in [1.54, 1.807) is 6.08 Å². The summed E-state index contributed by atoms with van der Waals surface area (Å²) in [6.45, 7) is 2.15. The number of nitrogens with zero attached hydrogens (tertiary/aromatic N) is 1. The standard InChI is InChI=1S/C20H25N3O3/c24-17-10-4-9-16(15-8-5-11-21-13-15)23-18(19(17)25)20(26)22-12-14-6-2-1-3-7-14/h1-3,6-7,10,15,21,24-25H,4-5,8-9,11-13H2,(H,22,26)/b17-10+,19-18+,23-16?. The molecule has 1 fully saturated rings. The van der Waals surface area contributed by atoms with Crippen LogP contribution in [0.25, 0.3) is 0 Å². The first-order valence-electron chi connectivity index (χ1n) is 9.08. The fourth-order valence-electron chi connectivity index (χ4n) is 3.28. The molecule has 26 heavy (non-hydrogen) atoms. The lowest BCUT2D eigenvalue weighted by Crippen LogP contribution is -2.35. The first kappa shape index (κ1) is 18.2. The summed E-state index contributed by atoms with van der Waals surface area (Å²) in [6, 6.07) is 9.52. The van der Waals surface area contributed by atoms with Crippen molar-refractivity contribution in [3.63, 3.8) is 0 Å². The zero-order chi connectivity index (χ0) is 18.4. The fraction of sp³-hybridized carbons (Fsp3) is 0.400. The van der Waals surface area contributed by atoms with E-state index in [9.17, 15) is 15.0 Å². The van der Waals surface area contributed by atoms with E-state index in [0.717, 1.165) is 37.2 Å². The van der Waals surface area contributed by atoms with Gasteiger partial charge in [0.05, 0.1) is 0 Å². The van der Waals surface area contributed by atoms with Crippen molar-refractivity contribution in [3.05, 3.63) is 59.2 Å². The third-order valence-corrected chi connectivity index (χ3v) is 4.74. The SMILES string of the molecule is O=C(NCc1ccccc1)/C1=C(O)/C(O)=C\CCC(C2CCCNC2)=N1. The van der Waals surface area contributed by atoms with Crippen LogP contribution in [0.2, 0.25) is 0 Å². The third kappa shape index (κ3) is 4.52. The number of hydrogen-bond donors (Lipinski definition) is 4. The highest BCUT2D eigenvalue weighted by Gasteiger charge is 2.24. The van der Waals surface area contributed by atoms with Crippen molar-refractivity contribution < 1.29 is 15.0 Å². The molecule has 0 radical (unpaired) electrons. The molecule has 1 atom stereocenters. The van der Waals surface area contributed by atoms with Crippen LogP contribution in [0.3, 0.4) is 0 Å². The van der Waals surface area contributed by atoms with E-state index in [4.69, 9.17) is 0 Å². The summed E-state index contributed by atoms with van der Waals surface area (Å²) < 4.78 is 0. The first-order chi connectivity index (χ1) is 12.6. The molecule has 0 spiro atoms. The highest BCUT2D eigenvalue weighted by atomic mass is 16.3. The average molecular weight is 355 g/mol. The van der Waals surface area contributed by atoms with Crippen molar-refractivity contribution in [1.29, 1.82) is 0 Å². The molecule has 0 aromatic heterocycles. The molecule has 1 aromatic rings. The number of hydrogen-bond acceptors (Lipinski definition) is 5. The Morgan fingerprint density at radius 1 is 1.27 bits per heavy atom. The molecule has 2 heterocycles. The van der Waals surface area contributed by atoms with Gasteiger partial charge in [0.15, 0.2) is 17.2 Å². The van der Waals surface area contributed by atoms with Gasteiger partial charge in [-0.15, -0.1) is 0 Å². The maximum Gasteiger partial charge on any atom is 0.274 e. The minimum Gasteiger partial charge on any atom is -0.504 e. The Labute approximate surface area is 153 Å². The predicted molar refractivity (Wildman–Crippen MR) is 101 cm³/mol. The van der Waals surface area contributed by atoms with E-state index < -0.39 is 11.7 Å². The Morgan fingerprint density at radius 2 is 2.08 bits per heavy atom. The van der Waals surface area contributed by atoms with E-state index in [-0.39, 0.29) is 17.4 Å². The van der Waals surface area contributed by atoms with Crippen LogP contribution in [-0.2, 0) is 11.3 Å². The summed E-state index contributed by atoms with van der Waals surface area (Å²) in [7, 11) is 0. The molecule has 3 rings (SSSR count). The molecule has 1 unspecified atom stereocenters. The maximum absolute atomic E-state index is 12.6. The highest BCUT2D eigenvalue weighted by molar-refractivity contribution is 5.99. The van der Waals surface area contributed by atoms with Gasteiger partial charge in [0.2, 0.25) is 0 Å². The molecular weight excluding hydrogens is 330 g/mol. The van der Waals surface area contributed by atoms with Crippen molar-refractivity contribution in [2.24, 2.45) is 10.9 Å². The van der Waals surface area contributed by atoms with Crippen LogP contribution < -0.4 is 10.6 Å². The van der Waals surface area contributed by atoms with Crippen molar-refractivity contribution >= 4 is 11.6 Å². The molecule has 138 valence electrons. The van der Waals surface area contributed by atoms with Crippen LogP contribution in [0.4, 0.5) is 0 Å². The summed E-state index contributed by atoms with van der Waals surface area (Å²) in [4.78, 5) is 17.1. The number of aliphatic imine (C=N–C) groups is 1. The van der Waals surface area contributed by atoms with E-state index in [1.165, 1.54) is 0 Å². The second kappa shape index (κ2) is 8.67. The Kier molecular flexibility index (Phi) is 6.07. The predicted octanol–water partition coefficient (Wildman–Crippen LogP) is 2.75. The molecule has 0 saturated carbocycles. The van der Waals surface area contributed by atoms with E-state index >= 15 is 0 Å². The van der Waals surface area contributed by atoms with Crippen LogP contribution in [-0.4, -0.2) is 34.9 Å². The molecular formula is C20H25N3O3. The molecule has 6 nitrogen and oxygen atoms in total. The van der Waals surface area contributed by atoms with E-state index in [0.29, 0.717) is 19.4 Å². The van der Waals surface area contributed by atoms with Crippen molar-refractivity contribution in [2.45, 2.75) is 32.2 Å². The Bertz CT molecular complexity index is 732. The minimum absolute atomic E-state index is 0.116. The van der Waals surface area contributed by atoms with Crippen LogP contribution >= 0.6 is 0 Å². The summed E-state index contributed by atoms with van der Waals surface area (Å²) in [5.41, 5.74) is 1.74. The molecule has 4 N–H and O–H groups in total. The van der Waals surface area contributed by atoms with Crippen molar-refractivity contribution in [2.75, 3.05) is 13.1 Å². The average Bonchev–Trinajstić information content (AvgIpc) is 2.68. The lowest BCUT2D eigenvalue weighted by atomic mass is 9.91. The zero-order valence-corrected chi connectivity index (χ0v) is 14.7. The van der Waals surface area contributed by atoms with Crippen LogP contribution in [0.15, 0.2) is 58.6 Å². The number of piperidine rings is 1. The summed E-state index contributed by atoms with van der Waals surface area (Å²) in [6.07, 6.45) is 4.88. The van der Waals surface area contributed by atoms with Gasteiger partial charge in [-0.3, -0.25) is 4.79 Å². The van der Waals surface area contributed by atoms with Gasteiger partial charge >= 0.3 is 0 Å². The second-order valence-electron chi connectivity index (χ2n) is 6.64. The molecule has 2 aliphatic heterocycles. The molecule has 6 heteroatoms. The molecule has 1 saturated heterocycles. The van der Waals surface area contributed by atoms with Gasteiger partial charge in [-0.05, 0) is 43.9 Å². The summed E-state index contributed by atoms with van der Waals surface area (Å²) in [5, 5.41) is 26.4. The summed E-state index contributed by atoms with van der Waals surface area (Å²) >= 11 is 0. The largest absolute Gasteiger partial charge is 0.504 e. The van der Waals surface area contributed by atoms with Gasteiger partial charge in [0.1, 0.15) is 0 Å². The number of amides is 1. The van der Waals surface area contributed by atoms with Gasteiger partial charge in [0.25, 0.3) is 5.91 Å². The quantitative estimate of drug-likeness (QED) is 0.668. The Morgan fingerprint density at radius 3 is 2.81 bits per heavy atom. The van der Waals surface area contributed by atoms with Gasteiger partial charge in [-0.1, -0.05) is 30.3 Å². The van der Waals surface area contributed by atoms with E-state index in [2.05, 4.69) is 15.6 Å². The number of allylic oxidation sites excluding steroid dienone is 1. The first-order valence-corrected chi connectivity index (χ1v) is 9.08. The smallest absolute Gasteiger partial charge is 0.274 e. The minimum atomic E-state index is -0.491. The maximum atomic E-state index is 12.6. The van der Waals surface area contributed by atoms with Gasteiger partial charge in [-0.2, -0.15) is 0 Å². The van der Waals surface area contributed by atoms with Crippen LogP contribution in [0.1, 0.15) is 31.2 Å². The zero-order valence-electron chi connectivity index (χ0n) is 14.7. The Balaban J connectivity index is 1.81. The van der Waals surface area contributed by atoms with Crippen LogP contribution in [0.5, 0.6) is 0 Å². The number of benzene rings is 1. The third-order valence-electron chi connectivity index (χ3n) is 4.74. The van der Waals surface area contributed by atoms with Crippen molar-refractivity contribution in [1.82, 2.24) is 10.6 Å². The van der Waals surface area contributed by atoms with Crippen LogP contribution in [0, 0.1) is 5.92 Å². The number of carbonyl (C=O) groups is 1. The van der Waals surface area contributed by atoms with Gasteiger partial charge in [-0.25, -0.2) is 4.99 Å². The van der Waals surface area contributed by atoms with Gasteiger partial charge < -0.3 is 20.8 Å². The fourth-order valence-corrected chi connectivity index (χ4v) is 3.28. The molecule has 2 aliphatic rings. The summed E-state index contributed by atoms with van der Waals surface area (Å²) in [5.74, 6) is -0.993.